The molecule has 12 heteroatoms. The Morgan fingerprint density at radius 1 is 1.23 bits per heavy atom. The molecule has 0 radical (unpaired) electrons. The number of methoxy groups -OCH3 is 1. The van der Waals surface area contributed by atoms with Crippen LogP contribution in [0.4, 0.5) is 14.5 Å². The minimum atomic E-state index is -4.31. The van der Waals surface area contributed by atoms with Crippen molar-refractivity contribution in [3.05, 3.63) is 53.2 Å². The lowest BCUT2D eigenvalue weighted by Gasteiger charge is -2.24. The van der Waals surface area contributed by atoms with Gasteiger partial charge in [-0.25, -0.2) is 27.3 Å². The highest BCUT2D eigenvalue weighted by atomic mass is 32.2. The molecule has 1 aromatic carbocycles. The number of anilines is 1. The van der Waals surface area contributed by atoms with Gasteiger partial charge in [0.1, 0.15) is 18.2 Å². The lowest BCUT2D eigenvalue weighted by atomic mass is 10.1. The maximum absolute atomic E-state index is 14.6. The Labute approximate surface area is 175 Å². The first kappa shape index (κ1) is 21.0. The second kappa shape index (κ2) is 7.80. The van der Waals surface area contributed by atoms with Crippen LogP contribution in [0.5, 0.6) is 5.88 Å². The monoisotopic (exact) mass is 450 g/mol. The highest BCUT2D eigenvalue weighted by molar-refractivity contribution is 7.89. The zero-order valence-electron chi connectivity index (χ0n) is 16.1. The van der Waals surface area contributed by atoms with Gasteiger partial charge in [-0.1, -0.05) is 0 Å². The summed E-state index contributed by atoms with van der Waals surface area (Å²) < 4.78 is 62.6. The first-order valence-electron chi connectivity index (χ1n) is 8.90. The van der Waals surface area contributed by atoms with E-state index in [-0.39, 0.29) is 18.9 Å². The average Bonchev–Trinajstić information content (AvgIpc) is 2.87. The van der Waals surface area contributed by atoms with Gasteiger partial charge in [0.05, 0.1) is 30.8 Å². The van der Waals surface area contributed by atoms with E-state index in [1.54, 1.807) is 12.1 Å². The number of primary sulfonamides is 1. The van der Waals surface area contributed by atoms with Crippen LogP contribution < -0.4 is 14.8 Å². The molecule has 0 fully saturated rings. The van der Waals surface area contributed by atoms with Crippen LogP contribution >= 0.6 is 0 Å². The van der Waals surface area contributed by atoms with Gasteiger partial charge in [-0.2, -0.15) is 4.98 Å². The zero-order valence-corrected chi connectivity index (χ0v) is 16.9. The molecular formula is C19H16F2N4O5S. The summed E-state index contributed by atoms with van der Waals surface area (Å²) in [5.74, 6) is -2.54. The number of ether oxygens (including phenoxy) is 2. The van der Waals surface area contributed by atoms with E-state index in [4.69, 9.17) is 14.6 Å². The molecule has 0 saturated carbocycles. The lowest BCUT2D eigenvalue weighted by molar-refractivity contribution is -0.123. The Bertz CT molecular complexity index is 1290. The average molecular weight is 450 g/mol. The summed E-state index contributed by atoms with van der Waals surface area (Å²) in [4.78, 5) is 21.7. The van der Waals surface area contributed by atoms with Gasteiger partial charge in [-0.3, -0.25) is 4.79 Å². The number of sulfonamides is 1. The van der Waals surface area contributed by atoms with Crippen molar-refractivity contribution >= 4 is 32.7 Å². The third-order valence-electron chi connectivity index (χ3n) is 4.77. The SMILES string of the molecule is COc1ccc2c3c(cnc2n1)COCC(=O)N3Cc1c(F)cc(S(N)(=O)=O)cc1F. The molecule has 31 heavy (non-hydrogen) atoms. The quantitative estimate of drug-likeness (QED) is 0.640. The van der Waals surface area contributed by atoms with E-state index in [0.717, 1.165) is 0 Å². The first-order chi connectivity index (χ1) is 14.7. The fourth-order valence-corrected chi connectivity index (χ4v) is 3.83. The minimum Gasteiger partial charge on any atom is -0.481 e. The number of benzene rings is 1. The number of aromatic nitrogens is 2. The van der Waals surface area contributed by atoms with E-state index in [2.05, 4.69) is 9.97 Å². The summed E-state index contributed by atoms with van der Waals surface area (Å²) in [6.07, 6.45) is 1.46. The van der Waals surface area contributed by atoms with Crippen LogP contribution in [-0.4, -0.2) is 38.0 Å². The van der Waals surface area contributed by atoms with E-state index in [9.17, 15) is 22.0 Å². The van der Waals surface area contributed by atoms with Crippen LogP contribution in [0.15, 0.2) is 35.4 Å². The molecule has 2 N–H and O–H groups in total. The second-order valence-corrected chi connectivity index (χ2v) is 8.30. The maximum atomic E-state index is 14.6. The molecule has 9 nitrogen and oxygen atoms in total. The zero-order chi connectivity index (χ0) is 22.3. The van der Waals surface area contributed by atoms with Crippen molar-refractivity contribution < 1.29 is 31.5 Å². The van der Waals surface area contributed by atoms with Gasteiger partial charge in [0.15, 0.2) is 5.65 Å². The number of carbonyl (C=O) groups is 1. The van der Waals surface area contributed by atoms with Gasteiger partial charge in [0.25, 0.3) is 5.91 Å². The van der Waals surface area contributed by atoms with Crippen molar-refractivity contribution in [3.63, 3.8) is 0 Å². The molecule has 0 spiro atoms. The largest absolute Gasteiger partial charge is 0.481 e. The predicted octanol–water partition coefficient (Wildman–Crippen LogP) is 1.63. The number of hydrogen-bond acceptors (Lipinski definition) is 7. The summed E-state index contributed by atoms with van der Waals surface area (Å²) in [6.45, 7) is -0.775. The van der Waals surface area contributed by atoms with Crippen LogP contribution in [0.1, 0.15) is 11.1 Å². The summed E-state index contributed by atoms with van der Waals surface area (Å²) in [5.41, 5.74) is 0.632. The predicted molar refractivity (Wildman–Crippen MR) is 105 cm³/mol. The fraction of sp³-hybridized carbons (Fsp3) is 0.211. The number of nitrogens with zero attached hydrogens (tertiary/aromatic N) is 3. The Morgan fingerprint density at radius 3 is 2.58 bits per heavy atom. The van der Waals surface area contributed by atoms with Gasteiger partial charge < -0.3 is 14.4 Å². The lowest BCUT2D eigenvalue weighted by Crippen LogP contribution is -2.33. The highest BCUT2D eigenvalue weighted by Gasteiger charge is 2.28. The second-order valence-electron chi connectivity index (χ2n) is 6.74. The summed E-state index contributed by atoms with van der Waals surface area (Å²) in [7, 11) is -2.86. The molecule has 0 saturated heterocycles. The molecule has 4 rings (SSSR count). The maximum Gasteiger partial charge on any atom is 0.253 e. The summed E-state index contributed by atoms with van der Waals surface area (Å²) in [5, 5.41) is 5.41. The number of rotatable bonds is 4. The Hall–Kier alpha value is -3.22. The molecule has 0 atom stereocenters. The van der Waals surface area contributed by atoms with Crippen molar-refractivity contribution in [1.82, 2.24) is 9.97 Å². The number of fused-ring (bicyclic) bond motifs is 3. The van der Waals surface area contributed by atoms with E-state index in [1.165, 1.54) is 18.2 Å². The van der Waals surface area contributed by atoms with Gasteiger partial charge in [-0.05, 0) is 18.2 Å². The molecule has 3 heterocycles. The van der Waals surface area contributed by atoms with Crippen LogP contribution in [0.3, 0.4) is 0 Å². The van der Waals surface area contributed by atoms with Gasteiger partial charge >= 0.3 is 0 Å². The molecule has 162 valence electrons. The van der Waals surface area contributed by atoms with Crippen molar-refractivity contribution in [2.45, 2.75) is 18.0 Å². The Balaban J connectivity index is 1.86. The van der Waals surface area contributed by atoms with E-state index in [1.807, 2.05) is 0 Å². The molecule has 0 unspecified atom stereocenters. The number of nitrogens with two attached hydrogens (primary N) is 1. The van der Waals surface area contributed by atoms with Crippen LogP contribution in [0.25, 0.3) is 11.0 Å². The summed E-state index contributed by atoms with van der Waals surface area (Å²) in [6, 6.07) is 4.44. The number of pyridine rings is 2. The number of halogens is 2. The minimum absolute atomic E-state index is 0.0574. The Morgan fingerprint density at radius 2 is 1.94 bits per heavy atom. The van der Waals surface area contributed by atoms with Crippen molar-refractivity contribution in [1.29, 1.82) is 0 Å². The Kier molecular flexibility index (Phi) is 5.29. The number of hydrogen-bond donors (Lipinski definition) is 1. The smallest absolute Gasteiger partial charge is 0.253 e. The van der Waals surface area contributed by atoms with Gasteiger partial charge in [0, 0.05) is 28.8 Å². The standard InChI is InChI=1S/C19H16F2N4O5S/c1-29-16-3-2-12-18-10(6-23-19(12)24-16)8-30-9-17(26)25(18)7-13-14(20)4-11(5-15(13)21)31(22,27)28/h2-6H,7-9H2,1H3,(H2,22,27,28). The fourth-order valence-electron chi connectivity index (χ4n) is 3.30. The van der Waals surface area contributed by atoms with Crippen molar-refractivity contribution in [2.24, 2.45) is 5.14 Å². The van der Waals surface area contributed by atoms with Crippen LogP contribution in [0.2, 0.25) is 0 Å². The topological polar surface area (TPSA) is 125 Å². The number of carbonyl (C=O) groups excluding carboxylic acids is 1. The molecule has 1 aliphatic rings. The molecule has 3 aromatic rings. The van der Waals surface area contributed by atoms with Crippen molar-refractivity contribution in [3.8, 4) is 5.88 Å². The van der Waals surface area contributed by atoms with E-state index >= 15 is 0 Å². The first-order valence-corrected chi connectivity index (χ1v) is 10.4. The van der Waals surface area contributed by atoms with Crippen LogP contribution in [0, 0.1) is 11.6 Å². The van der Waals surface area contributed by atoms with Gasteiger partial charge in [-0.15, -0.1) is 0 Å². The van der Waals surface area contributed by atoms with Gasteiger partial charge in [0.2, 0.25) is 15.9 Å². The highest BCUT2D eigenvalue weighted by Crippen LogP contribution is 2.34. The third-order valence-corrected chi connectivity index (χ3v) is 5.67. The molecule has 1 aliphatic heterocycles. The summed E-state index contributed by atoms with van der Waals surface area (Å²) >= 11 is 0. The van der Waals surface area contributed by atoms with E-state index in [0.29, 0.717) is 34.6 Å². The van der Waals surface area contributed by atoms with Crippen LogP contribution in [-0.2, 0) is 32.7 Å². The van der Waals surface area contributed by atoms with E-state index < -0.39 is 44.6 Å². The number of amides is 1. The molecule has 0 bridgehead atoms. The molecular weight excluding hydrogens is 434 g/mol. The molecule has 1 amide bonds. The molecule has 2 aromatic heterocycles. The third kappa shape index (κ3) is 3.92. The molecule has 0 aliphatic carbocycles. The van der Waals surface area contributed by atoms with Crippen molar-refractivity contribution in [2.75, 3.05) is 18.6 Å². The normalized spacial score (nSPS) is 14.5.